The fourth-order valence-electron chi connectivity index (χ4n) is 13.5. The predicted molar refractivity (Wildman–Crippen MR) is 432 cm³/mol. The zero-order chi connectivity index (χ0) is 76.9. The van der Waals surface area contributed by atoms with Crippen molar-refractivity contribution in [3.63, 3.8) is 0 Å². The number of phosphoric acid groups is 2. The van der Waals surface area contributed by atoms with Crippen LogP contribution in [-0.2, 0) is 65.4 Å². The highest BCUT2D eigenvalue weighted by atomic mass is 31.2. The fourth-order valence-corrected chi connectivity index (χ4v) is 15.1. The lowest BCUT2D eigenvalue weighted by Crippen LogP contribution is -2.30. The van der Waals surface area contributed by atoms with Crippen LogP contribution in [0.15, 0.2) is 0 Å². The molecule has 0 aromatic carbocycles. The van der Waals surface area contributed by atoms with Crippen molar-refractivity contribution in [3.05, 3.63) is 0 Å². The van der Waals surface area contributed by atoms with Crippen molar-refractivity contribution in [2.45, 2.75) is 483 Å². The SMILES string of the molecule is CCCCCCCCCCCCCCCCCCCCC(=O)O[C@H](COC(=O)CCCCCCCCCCCCCCCCC(C)C)COP(=O)(O)OC[C@@H](O)COP(=O)(O)OC[C@@H](COC(=O)CCCCCCCCCCCCCCC)OC(=O)CCCCCCCCCCCCCCCCCCC. The van der Waals surface area contributed by atoms with Gasteiger partial charge in [-0.2, -0.15) is 0 Å². The summed E-state index contributed by atoms with van der Waals surface area (Å²) in [5.74, 6) is -1.30. The first-order valence-electron chi connectivity index (χ1n) is 44.6. The number of aliphatic hydroxyl groups is 1. The Hall–Kier alpha value is -1.94. The molecule has 2 unspecified atom stereocenters. The first-order valence-corrected chi connectivity index (χ1v) is 47.6. The predicted octanol–water partition coefficient (Wildman–Crippen LogP) is 26.4. The third kappa shape index (κ3) is 79.9. The summed E-state index contributed by atoms with van der Waals surface area (Å²) in [7, 11) is -9.93. The normalized spacial score (nSPS) is 13.8. The van der Waals surface area contributed by atoms with Crippen LogP contribution in [0, 0.1) is 5.92 Å². The van der Waals surface area contributed by atoms with E-state index in [1.165, 1.54) is 289 Å². The maximum Gasteiger partial charge on any atom is 0.472 e. The highest BCUT2D eigenvalue weighted by Gasteiger charge is 2.30. The summed E-state index contributed by atoms with van der Waals surface area (Å²) in [6, 6.07) is 0. The van der Waals surface area contributed by atoms with Gasteiger partial charge in [0.05, 0.1) is 26.4 Å². The van der Waals surface area contributed by atoms with Crippen molar-refractivity contribution in [3.8, 4) is 0 Å². The highest BCUT2D eigenvalue weighted by Crippen LogP contribution is 2.45. The second-order valence-corrected chi connectivity index (χ2v) is 34.3. The Balaban J connectivity index is 5.27. The Bertz CT molecular complexity index is 2000. The average molecular weight is 1540 g/mol. The van der Waals surface area contributed by atoms with Crippen molar-refractivity contribution in [2.24, 2.45) is 5.92 Å². The Morgan fingerprint density at radius 2 is 0.438 bits per heavy atom. The van der Waals surface area contributed by atoms with E-state index in [9.17, 15) is 43.2 Å². The van der Waals surface area contributed by atoms with E-state index in [4.69, 9.17) is 37.0 Å². The molecule has 0 bridgehead atoms. The Kier molecular flexibility index (Phi) is 77.3. The number of rotatable bonds is 86. The fraction of sp³-hybridized carbons (Fsp3) is 0.953. The lowest BCUT2D eigenvalue weighted by molar-refractivity contribution is -0.161. The first kappa shape index (κ1) is 103. The molecule has 0 aliphatic heterocycles. The van der Waals surface area contributed by atoms with Gasteiger partial charge in [0, 0.05) is 25.7 Å². The van der Waals surface area contributed by atoms with E-state index in [1.54, 1.807) is 0 Å². The van der Waals surface area contributed by atoms with Gasteiger partial charge in [0.25, 0.3) is 0 Å². The van der Waals surface area contributed by atoms with Crippen LogP contribution >= 0.6 is 15.6 Å². The van der Waals surface area contributed by atoms with Gasteiger partial charge >= 0.3 is 39.5 Å². The number of carbonyl (C=O) groups is 4. The molecular weight excluding hydrogens is 1370 g/mol. The van der Waals surface area contributed by atoms with Gasteiger partial charge < -0.3 is 33.8 Å². The van der Waals surface area contributed by atoms with Crippen LogP contribution in [0.2, 0.25) is 0 Å². The van der Waals surface area contributed by atoms with Crippen LogP contribution < -0.4 is 0 Å². The minimum atomic E-state index is -4.97. The molecule has 105 heavy (non-hydrogen) atoms. The molecule has 17 nitrogen and oxygen atoms in total. The van der Waals surface area contributed by atoms with Crippen molar-refractivity contribution in [1.29, 1.82) is 0 Å². The lowest BCUT2D eigenvalue weighted by atomic mass is 10.0. The molecule has 0 aliphatic carbocycles. The van der Waals surface area contributed by atoms with Crippen molar-refractivity contribution in [1.82, 2.24) is 0 Å². The zero-order valence-corrected chi connectivity index (χ0v) is 70.7. The molecule has 0 aromatic heterocycles. The monoisotopic (exact) mass is 1540 g/mol. The number of aliphatic hydroxyl groups excluding tert-OH is 1. The molecule has 0 saturated heterocycles. The van der Waals surface area contributed by atoms with E-state index < -0.39 is 97.5 Å². The Morgan fingerprint density at radius 3 is 0.648 bits per heavy atom. The van der Waals surface area contributed by atoms with Crippen molar-refractivity contribution in [2.75, 3.05) is 39.6 Å². The summed E-state index contributed by atoms with van der Waals surface area (Å²) < 4.78 is 69.0. The molecule has 19 heteroatoms. The van der Waals surface area contributed by atoms with Crippen molar-refractivity contribution < 1.29 is 80.2 Å². The molecule has 0 aliphatic rings. The minimum Gasteiger partial charge on any atom is -0.462 e. The summed E-state index contributed by atoms with van der Waals surface area (Å²) in [5.41, 5.74) is 0. The topological polar surface area (TPSA) is 237 Å². The molecular formula is C86H168O17P2. The van der Waals surface area contributed by atoms with Gasteiger partial charge in [-0.3, -0.25) is 37.3 Å². The highest BCUT2D eigenvalue weighted by molar-refractivity contribution is 7.47. The van der Waals surface area contributed by atoms with Gasteiger partial charge in [0.15, 0.2) is 12.2 Å². The quantitative estimate of drug-likeness (QED) is 0.0222. The maximum atomic E-state index is 13.1. The Labute approximate surface area is 645 Å². The molecule has 0 saturated carbocycles. The van der Waals surface area contributed by atoms with Crippen molar-refractivity contribution >= 4 is 39.5 Å². The van der Waals surface area contributed by atoms with E-state index in [-0.39, 0.29) is 25.7 Å². The molecule has 0 spiro atoms. The summed E-state index contributed by atoms with van der Waals surface area (Å²) in [5, 5.41) is 10.7. The molecule has 0 heterocycles. The largest absolute Gasteiger partial charge is 0.472 e. The van der Waals surface area contributed by atoms with E-state index >= 15 is 0 Å². The number of hydrogen-bond donors (Lipinski definition) is 3. The average Bonchev–Trinajstić information content (AvgIpc) is 0.997. The maximum absolute atomic E-state index is 13.1. The van der Waals surface area contributed by atoms with Crippen LogP contribution in [0.1, 0.15) is 465 Å². The second-order valence-electron chi connectivity index (χ2n) is 31.4. The number of esters is 4. The standard InChI is InChI=1S/C86H168O17P2/c1-6-9-12-15-18-21-24-27-29-31-33-35-42-47-52-57-62-67-72-86(91)103-82(76-97-84(89)70-65-60-55-50-45-40-37-36-39-43-48-53-58-63-68-79(4)5)78-101-105(94,95)99-74-80(87)73-98-104(92,93)100-77-81(75-96-83(88)69-64-59-54-49-44-38-26-23-20-17-14-11-8-3)102-85(90)71-66-61-56-51-46-41-34-32-30-28-25-22-19-16-13-10-7-2/h79-82,87H,6-78H2,1-5H3,(H,92,93)(H,94,95)/t80-,81+,82+/m0/s1. The van der Waals surface area contributed by atoms with E-state index in [0.29, 0.717) is 25.7 Å². The van der Waals surface area contributed by atoms with E-state index in [2.05, 4.69) is 34.6 Å². The summed E-state index contributed by atoms with van der Waals surface area (Å²) in [6.07, 6.45) is 72.0. The Morgan fingerprint density at radius 1 is 0.257 bits per heavy atom. The van der Waals surface area contributed by atoms with Crippen LogP contribution in [-0.4, -0.2) is 96.7 Å². The first-order chi connectivity index (χ1) is 51.0. The van der Waals surface area contributed by atoms with Crippen LogP contribution in [0.5, 0.6) is 0 Å². The number of phosphoric ester groups is 2. The third-order valence-corrected chi connectivity index (χ3v) is 22.2. The second kappa shape index (κ2) is 78.7. The third-order valence-electron chi connectivity index (χ3n) is 20.3. The smallest absolute Gasteiger partial charge is 0.462 e. The molecule has 0 fully saturated rings. The summed E-state index contributed by atoms with van der Waals surface area (Å²) in [6.45, 7) is 7.40. The van der Waals surface area contributed by atoms with Gasteiger partial charge in [0.1, 0.15) is 19.3 Å². The zero-order valence-electron chi connectivity index (χ0n) is 68.9. The van der Waals surface area contributed by atoms with Gasteiger partial charge in [0.2, 0.25) is 0 Å². The van der Waals surface area contributed by atoms with Crippen LogP contribution in [0.25, 0.3) is 0 Å². The molecule has 0 aromatic rings. The number of ether oxygens (including phenoxy) is 4. The van der Waals surface area contributed by atoms with Gasteiger partial charge in [-0.15, -0.1) is 0 Å². The van der Waals surface area contributed by atoms with Gasteiger partial charge in [-0.1, -0.05) is 413 Å². The summed E-state index contributed by atoms with van der Waals surface area (Å²) in [4.78, 5) is 73.3. The van der Waals surface area contributed by atoms with E-state index in [0.717, 1.165) is 95.8 Å². The number of unbranched alkanes of at least 4 members (excludes halogenated alkanes) is 58. The number of carbonyl (C=O) groups excluding carboxylic acids is 4. The summed E-state index contributed by atoms with van der Waals surface area (Å²) >= 11 is 0. The minimum absolute atomic E-state index is 0.109. The molecule has 624 valence electrons. The molecule has 5 atom stereocenters. The van der Waals surface area contributed by atoms with Crippen LogP contribution in [0.3, 0.4) is 0 Å². The molecule has 0 radical (unpaired) electrons. The molecule has 0 rings (SSSR count). The lowest BCUT2D eigenvalue weighted by Gasteiger charge is -2.21. The number of hydrogen-bond acceptors (Lipinski definition) is 15. The van der Waals surface area contributed by atoms with E-state index in [1.807, 2.05) is 0 Å². The molecule has 3 N–H and O–H groups in total. The van der Waals surface area contributed by atoms with Crippen LogP contribution in [0.4, 0.5) is 0 Å². The van der Waals surface area contributed by atoms with Gasteiger partial charge in [-0.25, -0.2) is 9.13 Å². The van der Waals surface area contributed by atoms with Gasteiger partial charge in [-0.05, 0) is 31.6 Å². The molecule has 0 amide bonds.